The number of unbranched alkanes of at least 4 members (excludes halogenated alkanes) is 1. The summed E-state index contributed by atoms with van der Waals surface area (Å²) in [7, 11) is 0. The normalized spacial score (nSPS) is 10.6. The van der Waals surface area contributed by atoms with Crippen molar-refractivity contribution in [3.05, 3.63) is 86.6 Å². The van der Waals surface area contributed by atoms with E-state index in [0.29, 0.717) is 24.3 Å². The number of anilines is 2. The van der Waals surface area contributed by atoms with Crippen molar-refractivity contribution in [2.24, 2.45) is 0 Å². The summed E-state index contributed by atoms with van der Waals surface area (Å²) < 4.78 is 6.90. The van der Waals surface area contributed by atoms with Crippen LogP contribution in [0.2, 0.25) is 0 Å². The number of benzene rings is 2. The number of ketones is 1. The van der Waals surface area contributed by atoms with Gasteiger partial charge >= 0.3 is 5.69 Å². The van der Waals surface area contributed by atoms with Crippen LogP contribution in [0.3, 0.4) is 0 Å². The summed E-state index contributed by atoms with van der Waals surface area (Å²) >= 11 is 0. The molecule has 3 rings (SSSR count). The van der Waals surface area contributed by atoms with E-state index in [1.54, 1.807) is 24.3 Å². The fraction of sp³-hybridized carbons (Fsp3) is 0.280. The quantitative estimate of drug-likeness (QED) is 0.444. The molecule has 0 radical (unpaired) electrons. The molecule has 9 heteroatoms. The van der Waals surface area contributed by atoms with E-state index in [1.165, 1.54) is 16.4 Å². The lowest BCUT2D eigenvalue weighted by Gasteiger charge is -2.25. The fourth-order valence-corrected chi connectivity index (χ4v) is 3.46. The Morgan fingerprint density at radius 3 is 2.50 bits per heavy atom. The van der Waals surface area contributed by atoms with Crippen molar-refractivity contribution in [3.8, 4) is 5.75 Å². The molecule has 3 N–H and O–H groups in total. The summed E-state index contributed by atoms with van der Waals surface area (Å²) in [6.45, 7) is 3.37. The highest BCUT2D eigenvalue weighted by atomic mass is 16.5. The number of aromatic nitrogens is 2. The number of carbonyl (C=O) groups is 2. The van der Waals surface area contributed by atoms with Crippen LogP contribution in [0.1, 0.15) is 42.6 Å². The first-order chi connectivity index (χ1) is 16.3. The van der Waals surface area contributed by atoms with Crippen molar-refractivity contribution in [2.75, 3.05) is 17.2 Å². The van der Waals surface area contributed by atoms with Gasteiger partial charge in [-0.25, -0.2) is 4.79 Å². The minimum absolute atomic E-state index is 0.0514. The summed E-state index contributed by atoms with van der Waals surface area (Å²) in [5.74, 6) is -0.397. The van der Waals surface area contributed by atoms with Gasteiger partial charge in [0, 0.05) is 12.1 Å². The number of Topliss-reactive ketones (excluding diaryl/α,β-unsaturated/α-hetero) is 1. The standard InChI is InChI=1S/C25H28N4O5/c1-3-4-13-28-23(26)22(24(32)27-25(28)33)29(15-18-9-6-5-7-10-18)21(31)16-34-20-12-8-11-19(14-20)17(2)30/h5-12,14H,3-4,13,15-16,26H2,1-2H3,(H,27,32,33). The number of rotatable bonds is 10. The highest BCUT2D eigenvalue weighted by Gasteiger charge is 2.25. The van der Waals surface area contributed by atoms with Crippen molar-refractivity contribution in [1.29, 1.82) is 0 Å². The largest absolute Gasteiger partial charge is 0.484 e. The van der Waals surface area contributed by atoms with Crippen LogP contribution in [0.25, 0.3) is 0 Å². The van der Waals surface area contributed by atoms with E-state index in [9.17, 15) is 19.2 Å². The first kappa shape index (κ1) is 24.5. The van der Waals surface area contributed by atoms with Crippen LogP contribution in [-0.4, -0.2) is 27.8 Å². The zero-order chi connectivity index (χ0) is 24.7. The lowest BCUT2D eigenvalue weighted by Crippen LogP contribution is -2.42. The smallest absolute Gasteiger partial charge is 0.330 e. The number of nitrogens with zero attached hydrogens (tertiary/aromatic N) is 2. The molecule has 0 bridgehead atoms. The molecule has 0 fully saturated rings. The highest BCUT2D eigenvalue weighted by Crippen LogP contribution is 2.21. The lowest BCUT2D eigenvalue weighted by molar-refractivity contribution is -0.120. The van der Waals surface area contributed by atoms with E-state index in [0.717, 1.165) is 12.0 Å². The Balaban J connectivity index is 1.97. The third-order valence-electron chi connectivity index (χ3n) is 5.31. The predicted molar refractivity (Wildman–Crippen MR) is 130 cm³/mol. The Hall–Kier alpha value is -4.14. The Kier molecular flexibility index (Phi) is 8.02. The van der Waals surface area contributed by atoms with Gasteiger partial charge in [-0.05, 0) is 31.0 Å². The Bertz CT molecular complexity index is 1280. The zero-order valence-electron chi connectivity index (χ0n) is 19.2. The summed E-state index contributed by atoms with van der Waals surface area (Å²) in [4.78, 5) is 53.6. The molecular formula is C25H28N4O5. The van der Waals surface area contributed by atoms with Crippen LogP contribution in [0.5, 0.6) is 5.75 Å². The van der Waals surface area contributed by atoms with Gasteiger partial charge in [-0.3, -0.25) is 28.8 Å². The van der Waals surface area contributed by atoms with E-state index in [4.69, 9.17) is 10.5 Å². The van der Waals surface area contributed by atoms with Gasteiger partial charge in [0.2, 0.25) is 0 Å². The second-order valence-electron chi connectivity index (χ2n) is 7.84. The molecule has 9 nitrogen and oxygen atoms in total. The van der Waals surface area contributed by atoms with Crippen LogP contribution in [0, 0.1) is 0 Å². The van der Waals surface area contributed by atoms with E-state index in [1.807, 2.05) is 37.3 Å². The highest BCUT2D eigenvalue weighted by molar-refractivity contribution is 5.96. The maximum absolute atomic E-state index is 13.3. The van der Waals surface area contributed by atoms with Crippen molar-refractivity contribution in [3.63, 3.8) is 0 Å². The molecule has 0 unspecified atom stereocenters. The molecule has 3 aromatic rings. The molecule has 178 valence electrons. The second-order valence-corrected chi connectivity index (χ2v) is 7.84. The van der Waals surface area contributed by atoms with Crippen LogP contribution in [-0.2, 0) is 17.9 Å². The van der Waals surface area contributed by atoms with Crippen LogP contribution in [0.4, 0.5) is 11.5 Å². The molecule has 1 heterocycles. The summed E-state index contributed by atoms with van der Waals surface area (Å²) in [5.41, 5.74) is 5.99. The van der Waals surface area contributed by atoms with E-state index in [2.05, 4.69) is 4.98 Å². The molecule has 0 aliphatic rings. The molecule has 0 spiro atoms. The number of nitrogens with two attached hydrogens (primary N) is 1. The number of hydrogen-bond donors (Lipinski definition) is 2. The first-order valence-electron chi connectivity index (χ1n) is 11.0. The number of aromatic amines is 1. The Labute approximate surface area is 196 Å². The minimum Gasteiger partial charge on any atom is -0.484 e. The maximum atomic E-state index is 13.3. The minimum atomic E-state index is -0.752. The number of nitrogens with one attached hydrogen (secondary N) is 1. The van der Waals surface area contributed by atoms with Gasteiger partial charge in [-0.1, -0.05) is 55.8 Å². The molecule has 0 saturated carbocycles. The molecule has 0 aliphatic heterocycles. The molecule has 34 heavy (non-hydrogen) atoms. The van der Waals surface area contributed by atoms with Gasteiger partial charge in [0.1, 0.15) is 11.6 Å². The van der Waals surface area contributed by atoms with Crippen LogP contribution >= 0.6 is 0 Å². The average molecular weight is 465 g/mol. The summed E-state index contributed by atoms with van der Waals surface area (Å²) in [6, 6.07) is 15.6. The number of H-pyrrole nitrogens is 1. The molecule has 1 aromatic heterocycles. The molecule has 0 atom stereocenters. The number of carbonyl (C=O) groups excluding carboxylic acids is 2. The third kappa shape index (κ3) is 5.80. The van der Waals surface area contributed by atoms with E-state index >= 15 is 0 Å². The van der Waals surface area contributed by atoms with E-state index in [-0.39, 0.29) is 23.8 Å². The Morgan fingerprint density at radius 2 is 1.82 bits per heavy atom. The monoisotopic (exact) mass is 464 g/mol. The predicted octanol–water partition coefficient (Wildman–Crippen LogP) is 2.73. The molecule has 1 amide bonds. The fourth-order valence-electron chi connectivity index (χ4n) is 3.46. The first-order valence-corrected chi connectivity index (χ1v) is 11.0. The average Bonchev–Trinajstić information content (AvgIpc) is 2.82. The number of hydrogen-bond acceptors (Lipinski definition) is 6. The van der Waals surface area contributed by atoms with Gasteiger partial charge in [-0.15, -0.1) is 0 Å². The van der Waals surface area contributed by atoms with Crippen LogP contribution < -0.4 is 26.6 Å². The van der Waals surface area contributed by atoms with Gasteiger partial charge in [0.05, 0.1) is 6.54 Å². The third-order valence-corrected chi connectivity index (χ3v) is 5.31. The van der Waals surface area contributed by atoms with Crippen molar-refractivity contribution < 1.29 is 14.3 Å². The van der Waals surface area contributed by atoms with Gasteiger partial charge < -0.3 is 10.5 Å². The van der Waals surface area contributed by atoms with Crippen molar-refractivity contribution >= 4 is 23.2 Å². The van der Waals surface area contributed by atoms with Gasteiger partial charge in [0.25, 0.3) is 11.5 Å². The van der Waals surface area contributed by atoms with E-state index < -0.39 is 23.8 Å². The summed E-state index contributed by atoms with van der Waals surface area (Å²) in [6.07, 6.45) is 1.50. The Morgan fingerprint density at radius 1 is 1.09 bits per heavy atom. The number of amides is 1. The molecular weight excluding hydrogens is 436 g/mol. The second kappa shape index (κ2) is 11.1. The van der Waals surface area contributed by atoms with Gasteiger partial charge in [0.15, 0.2) is 18.1 Å². The zero-order valence-corrected chi connectivity index (χ0v) is 19.2. The molecule has 0 aliphatic carbocycles. The molecule has 0 saturated heterocycles. The molecule has 2 aromatic carbocycles. The number of nitrogen functional groups attached to an aromatic ring is 1. The maximum Gasteiger partial charge on any atom is 0.330 e. The summed E-state index contributed by atoms with van der Waals surface area (Å²) in [5, 5.41) is 0. The van der Waals surface area contributed by atoms with Crippen LogP contribution in [0.15, 0.2) is 64.2 Å². The SMILES string of the molecule is CCCCn1c(N)c(N(Cc2ccccc2)C(=O)COc2cccc(C(C)=O)c2)c(=O)[nH]c1=O. The van der Waals surface area contributed by atoms with Crippen molar-refractivity contribution in [2.45, 2.75) is 39.8 Å². The van der Waals surface area contributed by atoms with Gasteiger partial charge in [-0.2, -0.15) is 0 Å². The number of ether oxygens (including phenoxy) is 1. The van der Waals surface area contributed by atoms with Crippen molar-refractivity contribution in [1.82, 2.24) is 9.55 Å². The lowest BCUT2D eigenvalue weighted by atomic mass is 10.1. The topological polar surface area (TPSA) is 127 Å².